The minimum absolute atomic E-state index is 0.0139. The van der Waals surface area contributed by atoms with Crippen LogP contribution in [-0.2, 0) is 12.8 Å². The van der Waals surface area contributed by atoms with E-state index in [0.29, 0.717) is 11.3 Å². The lowest BCUT2D eigenvalue weighted by Gasteiger charge is -2.24. The van der Waals surface area contributed by atoms with Crippen LogP contribution in [0.15, 0.2) is 43.0 Å². The van der Waals surface area contributed by atoms with Crippen molar-refractivity contribution in [2.75, 3.05) is 0 Å². The lowest BCUT2D eigenvalue weighted by molar-refractivity contribution is 0.0892. The highest BCUT2D eigenvalue weighted by atomic mass is 16.6. The van der Waals surface area contributed by atoms with Gasteiger partial charge in [-0.05, 0) is 48.4 Å². The van der Waals surface area contributed by atoms with Gasteiger partial charge in [-0.3, -0.25) is 4.79 Å². The fraction of sp³-hybridized carbons (Fsp3) is 0.250. The Hall–Kier alpha value is -2.59. The van der Waals surface area contributed by atoms with Crippen molar-refractivity contribution in [2.24, 2.45) is 11.8 Å². The minimum atomic E-state index is -0.0628. The van der Waals surface area contributed by atoms with Gasteiger partial charge in [-0.15, -0.1) is 0 Å². The smallest absolute Gasteiger partial charge is 0.169 e. The number of benzene rings is 2. The van der Waals surface area contributed by atoms with Crippen molar-refractivity contribution in [1.29, 1.82) is 0 Å². The van der Waals surface area contributed by atoms with Crippen molar-refractivity contribution in [2.45, 2.75) is 25.7 Å². The average Bonchev–Trinajstić information content (AvgIpc) is 2.61. The van der Waals surface area contributed by atoms with Gasteiger partial charge in [-0.1, -0.05) is 36.9 Å². The third-order valence-electron chi connectivity index (χ3n) is 4.69. The maximum Gasteiger partial charge on any atom is 0.169 e. The van der Waals surface area contributed by atoms with Gasteiger partial charge in [-0.2, -0.15) is 5.90 Å². The number of carbonyl (C=O) groups excluding carboxylic acids is 1. The number of phenols is 1. The summed E-state index contributed by atoms with van der Waals surface area (Å²) < 4.78 is 0. The first-order chi connectivity index (χ1) is 11.6. The molecular weight excluding hydrogens is 302 g/mol. The summed E-state index contributed by atoms with van der Waals surface area (Å²) in [4.78, 5) is 17.4. The van der Waals surface area contributed by atoms with Crippen LogP contribution in [0.3, 0.4) is 0 Å². The molecular formula is C20H21NO3. The van der Waals surface area contributed by atoms with Crippen molar-refractivity contribution in [1.82, 2.24) is 0 Å². The van der Waals surface area contributed by atoms with Gasteiger partial charge in [0.1, 0.15) is 5.75 Å². The number of carbonyl (C=O) groups is 1. The molecule has 4 nitrogen and oxygen atoms in total. The highest BCUT2D eigenvalue weighted by Crippen LogP contribution is 2.36. The molecule has 0 amide bonds. The highest BCUT2D eigenvalue weighted by molar-refractivity contribution is 6.02. The Labute approximate surface area is 141 Å². The third-order valence-corrected chi connectivity index (χ3v) is 4.69. The van der Waals surface area contributed by atoms with Gasteiger partial charge >= 0.3 is 0 Å². The zero-order valence-corrected chi connectivity index (χ0v) is 13.5. The molecule has 0 saturated heterocycles. The molecule has 124 valence electrons. The van der Waals surface area contributed by atoms with Crippen molar-refractivity contribution in [3.05, 3.63) is 65.2 Å². The van der Waals surface area contributed by atoms with Crippen LogP contribution in [0.2, 0.25) is 0 Å². The minimum Gasteiger partial charge on any atom is -0.507 e. The van der Waals surface area contributed by atoms with Gasteiger partial charge < -0.3 is 9.94 Å². The van der Waals surface area contributed by atoms with Crippen molar-refractivity contribution in [3.8, 4) is 11.5 Å². The summed E-state index contributed by atoms with van der Waals surface area (Å²) >= 11 is 0. The van der Waals surface area contributed by atoms with Crippen LogP contribution in [0.5, 0.6) is 11.5 Å². The summed E-state index contributed by atoms with van der Waals surface area (Å²) in [5, 5.41) is 10.1. The number of aryl methyl sites for hydroxylation is 2. The monoisotopic (exact) mass is 323 g/mol. The van der Waals surface area contributed by atoms with E-state index in [1.165, 1.54) is 11.6 Å². The van der Waals surface area contributed by atoms with Gasteiger partial charge in [0.15, 0.2) is 11.5 Å². The summed E-state index contributed by atoms with van der Waals surface area (Å²) in [6, 6.07) is 11.3. The second kappa shape index (κ2) is 6.89. The van der Waals surface area contributed by atoms with E-state index >= 15 is 0 Å². The summed E-state index contributed by atoms with van der Waals surface area (Å²) in [7, 11) is 0. The molecule has 0 bridgehead atoms. The molecule has 0 aliphatic heterocycles. The molecule has 1 unspecified atom stereocenters. The first-order valence-corrected chi connectivity index (χ1v) is 8.10. The number of Topliss-reactive ketones (excluding diaryl/α,β-unsaturated/α-hetero) is 1. The van der Waals surface area contributed by atoms with E-state index in [4.69, 9.17) is 5.90 Å². The van der Waals surface area contributed by atoms with Gasteiger partial charge in [0.25, 0.3) is 0 Å². The number of ketones is 1. The summed E-state index contributed by atoms with van der Waals surface area (Å²) in [6.07, 6.45) is 4.96. The fourth-order valence-electron chi connectivity index (χ4n) is 3.31. The summed E-state index contributed by atoms with van der Waals surface area (Å²) in [6.45, 7) is 3.75. The van der Waals surface area contributed by atoms with Crippen LogP contribution >= 0.6 is 0 Å². The second-order valence-electron chi connectivity index (χ2n) is 6.18. The predicted molar refractivity (Wildman–Crippen MR) is 93.9 cm³/mol. The molecule has 0 fully saturated rings. The van der Waals surface area contributed by atoms with Gasteiger partial charge in [-0.25, -0.2) is 0 Å². The largest absolute Gasteiger partial charge is 0.507 e. The van der Waals surface area contributed by atoms with Crippen LogP contribution in [0.25, 0.3) is 6.08 Å². The van der Waals surface area contributed by atoms with E-state index in [-0.39, 0.29) is 17.5 Å². The predicted octanol–water partition coefficient (Wildman–Crippen LogP) is 3.67. The second-order valence-corrected chi connectivity index (χ2v) is 6.18. The molecule has 3 rings (SSSR count). The molecule has 2 aromatic rings. The first-order valence-electron chi connectivity index (χ1n) is 8.10. The zero-order chi connectivity index (χ0) is 17.1. The first kappa shape index (κ1) is 16.3. The molecule has 24 heavy (non-hydrogen) atoms. The highest BCUT2D eigenvalue weighted by Gasteiger charge is 2.30. The van der Waals surface area contributed by atoms with E-state index in [0.717, 1.165) is 36.8 Å². The average molecular weight is 323 g/mol. The summed E-state index contributed by atoms with van der Waals surface area (Å²) in [5.41, 5.74) is 3.53. The maximum atomic E-state index is 12.7. The Bertz CT molecular complexity index is 765. The van der Waals surface area contributed by atoms with E-state index in [1.807, 2.05) is 18.2 Å². The maximum absolute atomic E-state index is 12.7. The Kier molecular flexibility index (Phi) is 4.67. The number of aromatic hydroxyl groups is 1. The molecule has 0 heterocycles. The third kappa shape index (κ3) is 3.19. The number of nitrogens with two attached hydrogens (primary N) is 1. The SMILES string of the molecule is C=Cc1ccc(CCC2CCc3cc(ON)cc(O)c3C2=O)cc1. The summed E-state index contributed by atoms with van der Waals surface area (Å²) in [5.74, 6) is 5.43. The van der Waals surface area contributed by atoms with E-state index in [9.17, 15) is 9.90 Å². The van der Waals surface area contributed by atoms with Gasteiger partial charge in [0.2, 0.25) is 0 Å². The molecule has 1 atom stereocenters. The molecule has 0 saturated carbocycles. The van der Waals surface area contributed by atoms with Crippen molar-refractivity contribution < 1.29 is 14.7 Å². The molecule has 4 heteroatoms. The number of phenolic OH excluding ortho intramolecular Hbond substituents is 1. The van der Waals surface area contributed by atoms with Crippen molar-refractivity contribution in [3.63, 3.8) is 0 Å². The van der Waals surface area contributed by atoms with E-state index in [2.05, 4.69) is 23.5 Å². The van der Waals surface area contributed by atoms with Crippen LogP contribution < -0.4 is 10.7 Å². The van der Waals surface area contributed by atoms with Crippen LogP contribution in [0, 0.1) is 5.92 Å². The topological polar surface area (TPSA) is 72.6 Å². The molecule has 3 N–H and O–H groups in total. The normalized spacial score (nSPS) is 16.5. The van der Waals surface area contributed by atoms with Gasteiger partial charge in [0.05, 0.1) is 5.56 Å². The molecule has 1 aliphatic rings. The zero-order valence-electron chi connectivity index (χ0n) is 13.5. The van der Waals surface area contributed by atoms with Crippen LogP contribution in [0.1, 0.15) is 39.9 Å². The van der Waals surface area contributed by atoms with Gasteiger partial charge in [0, 0.05) is 12.0 Å². The van der Waals surface area contributed by atoms with Crippen molar-refractivity contribution >= 4 is 11.9 Å². The lowest BCUT2D eigenvalue weighted by Crippen LogP contribution is -2.23. The number of fused-ring (bicyclic) bond motifs is 1. The standard InChI is InChI=1S/C20H21NO3/c1-2-13-3-5-14(6-4-13)7-8-15-9-10-16-11-17(24-21)12-18(22)19(16)20(15)23/h2-6,11-12,15,22H,1,7-10,21H2. The molecule has 0 spiro atoms. The Balaban J connectivity index is 1.72. The van der Waals surface area contributed by atoms with Crippen LogP contribution in [-0.4, -0.2) is 10.9 Å². The Morgan fingerprint density at radius 1 is 1.29 bits per heavy atom. The fourth-order valence-corrected chi connectivity index (χ4v) is 3.31. The molecule has 1 aliphatic carbocycles. The quantitative estimate of drug-likeness (QED) is 0.824. The Morgan fingerprint density at radius 3 is 2.71 bits per heavy atom. The lowest BCUT2D eigenvalue weighted by atomic mass is 9.79. The van der Waals surface area contributed by atoms with E-state index < -0.39 is 0 Å². The van der Waals surface area contributed by atoms with Crippen LogP contribution in [0.4, 0.5) is 0 Å². The Morgan fingerprint density at radius 2 is 2.04 bits per heavy atom. The molecule has 0 aromatic heterocycles. The number of rotatable bonds is 5. The molecule has 0 radical (unpaired) electrons. The number of hydrogen-bond donors (Lipinski definition) is 2. The molecule has 2 aromatic carbocycles. The van der Waals surface area contributed by atoms with E-state index in [1.54, 1.807) is 6.07 Å². The number of hydrogen-bond acceptors (Lipinski definition) is 4.